The predicted molar refractivity (Wildman–Crippen MR) is 84.7 cm³/mol. The van der Waals surface area contributed by atoms with E-state index in [0.29, 0.717) is 11.4 Å². The molecule has 0 fully saturated rings. The molecule has 21 heavy (non-hydrogen) atoms. The normalized spacial score (nSPS) is 13.0. The molecule has 0 spiro atoms. The molecule has 1 heterocycles. The smallest absolute Gasteiger partial charge is 0.241 e. The number of rotatable bonds is 5. The first kappa shape index (κ1) is 15.9. The second-order valence-electron chi connectivity index (χ2n) is 4.32. The van der Waals surface area contributed by atoms with E-state index in [2.05, 4.69) is 14.7 Å². The number of hydrogen-bond acceptors (Lipinski definition) is 4. The van der Waals surface area contributed by atoms with Crippen LogP contribution in [0.4, 0.5) is 0 Å². The summed E-state index contributed by atoms with van der Waals surface area (Å²) < 4.78 is 27.1. The molecule has 0 bridgehead atoms. The molecule has 0 saturated heterocycles. The van der Waals surface area contributed by atoms with E-state index in [1.54, 1.807) is 19.3 Å². The number of sulfonamides is 1. The highest BCUT2D eigenvalue weighted by Crippen LogP contribution is 2.22. The highest BCUT2D eigenvalue weighted by atomic mass is 35.5. The number of nitrogens with one attached hydrogen (secondary N) is 2. The van der Waals surface area contributed by atoms with Gasteiger partial charge >= 0.3 is 0 Å². The number of aromatic nitrogens is 2. The maximum Gasteiger partial charge on any atom is 0.241 e. The fourth-order valence-electron chi connectivity index (χ4n) is 1.73. The Balaban J connectivity index is 2.28. The molecule has 0 aliphatic rings. The third-order valence-corrected chi connectivity index (χ3v) is 4.85. The molecule has 1 aromatic carbocycles. The van der Waals surface area contributed by atoms with Gasteiger partial charge < -0.3 is 10.7 Å². The number of halogens is 1. The molecule has 0 amide bonds. The van der Waals surface area contributed by atoms with Crippen molar-refractivity contribution >= 4 is 38.8 Å². The zero-order valence-electron chi connectivity index (χ0n) is 11.0. The zero-order valence-corrected chi connectivity index (χ0v) is 13.4. The van der Waals surface area contributed by atoms with Crippen molar-refractivity contribution in [1.29, 1.82) is 0 Å². The van der Waals surface area contributed by atoms with Crippen molar-refractivity contribution in [2.75, 3.05) is 0 Å². The molecule has 6 nitrogen and oxygen atoms in total. The van der Waals surface area contributed by atoms with Crippen LogP contribution in [-0.2, 0) is 10.0 Å². The van der Waals surface area contributed by atoms with Crippen molar-refractivity contribution in [3.05, 3.63) is 47.0 Å². The number of nitrogens with two attached hydrogens (primary N) is 1. The molecule has 112 valence electrons. The Morgan fingerprint density at radius 3 is 2.76 bits per heavy atom. The van der Waals surface area contributed by atoms with Crippen molar-refractivity contribution in [3.63, 3.8) is 0 Å². The maximum atomic E-state index is 12.3. The van der Waals surface area contributed by atoms with E-state index >= 15 is 0 Å². The molecular weight excluding hydrogens is 332 g/mol. The SMILES string of the molecule is CC(NS(=O)(=O)c1ccc(C(N)=S)c(Cl)c1)c1ncc[nH]1. The second kappa shape index (κ2) is 6.10. The van der Waals surface area contributed by atoms with Gasteiger partial charge in [0.15, 0.2) is 0 Å². The largest absolute Gasteiger partial charge is 0.389 e. The summed E-state index contributed by atoms with van der Waals surface area (Å²) in [6.45, 7) is 1.68. The number of aromatic amines is 1. The van der Waals surface area contributed by atoms with Gasteiger partial charge in [-0.2, -0.15) is 0 Å². The fourth-order valence-corrected chi connectivity index (χ4v) is 3.55. The molecule has 9 heteroatoms. The lowest BCUT2D eigenvalue weighted by molar-refractivity contribution is 0.561. The van der Waals surface area contributed by atoms with Crippen LogP contribution >= 0.6 is 23.8 Å². The van der Waals surface area contributed by atoms with E-state index in [1.807, 2.05) is 0 Å². The van der Waals surface area contributed by atoms with Gasteiger partial charge in [0.1, 0.15) is 10.8 Å². The van der Waals surface area contributed by atoms with Crippen molar-refractivity contribution in [2.45, 2.75) is 17.9 Å². The monoisotopic (exact) mass is 344 g/mol. The third-order valence-electron chi connectivity index (χ3n) is 2.78. The molecule has 1 atom stereocenters. The maximum absolute atomic E-state index is 12.3. The molecule has 1 unspecified atom stereocenters. The molecule has 2 aromatic rings. The first-order valence-corrected chi connectivity index (χ1v) is 8.19. The first-order chi connectivity index (χ1) is 9.81. The summed E-state index contributed by atoms with van der Waals surface area (Å²) in [4.78, 5) is 7.00. The van der Waals surface area contributed by atoms with Crippen molar-refractivity contribution < 1.29 is 8.42 Å². The number of benzene rings is 1. The van der Waals surface area contributed by atoms with Crippen LogP contribution in [-0.4, -0.2) is 23.4 Å². The standard InChI is InChI=1S/C12H13ClN4O2S2/c1-7(12-15-4-5-16-12)17-21(18,19)8-2-3-9(11(14)20)10(13)6-8/h2-7,17H,1H3,(H2,14,20)(H,15,16). The Kier molecular flexibility index (Phi) is 4.62. The van der Waals surface area contributed by atoms with Crippen LogP contribution in [0.15, 0.2) is 35.5 Å². The Morgan fingerprint density at radius 2 is 2.24 bits per heavy atom. The summed E-state index contributed by atoms with van der Waals surface area (Å²) in [5, 5.41) is 0.191. The van der Waals surface area contributed by atoms with E-state index in [9.17, 15) is 8.42 Å². The van der Waals surface area contributed by atoms with Crippen molar-refractivity contribution in [2.24, 2.45) is 5.73 Å². The quantitative estimate of drug-likeness (QED) is 0.717. The zero-order chi connectivity index (χ0) is 15.6. The van der Waals surface area contributed by atoms with Gasteiger partial charge in [0.2, 0.25) is 10.0 Å². The predicted octanol–water partition coefficient (Wildman–Crippen LogP) is 1.74. The highest BCUT2D eigenvalue weighted by molar-refractivity contribution is 7.89. The lowest BCUT2D eigenvalue weighted by Crippen LogP contribution is -2.27. The van der Waals surface area contributed by atoms with E-state index in [0.717, 1.165) is 0 Å². The molecule has 0 saturated carbocycles. The van der Waals surface area contributed by atoms with Gasteiger partial charge in [0, 0.05) is 18.0 Å². The summed E-state index contributed by atoms with van der Waals surface area (Å²) in [5.74, 6) is 0.518. The van der Waals surface area contributed by atoms with Gasteiger partial charge in [-0.05, 0) is 25.1 Å². The number of H-pyrrole nitrogens is 1. The van der Waals surface area contributed by atoms with E-state index in [1.165, 1.54) is 18.2 Å². The Morgan fingerprint density at radius 1 is 1.52 bits per heavy atom. The summed E-state index contributed by atoms with van der Waals surface area (Å²) in [7, 11) is -3.73. The molecular formula is C12H13ClN4O2S2. The first-order valence-electron chi connectivity index (χ1n) is 5.92. The number of imidazole rings is 1. The van der Waals surface area contributed by atoms with Gasteiger partial charge in [-0.15, -0.1) is 0 Å². The van der Waals surface area contributed by atoms with E-state index in [4.69, 9.17) is 29.6 Å². The average molecular weight is 345 g/mol. The number of nitrogens with zero attached hydrogens (tertiary/aromatic N) is 1. The van der Waals surface area contributed by atoms with Crippen LogP contribution in [0, 0.1) is 0 Å². The minimum atomic E-state index is -3.73. The van der Waals surface area contributed by atoms with E-state index in [-0.39, 0.29) is 14.9 Å². The van der Waals surface area contributed by atoms with Crippen LogP contribution in [0.2, 0.25) is 5.02 Å². The Labute approximate surface area is 132 Å². The fraction of sp³-hybridized carbons (Fsp3) is 0.167. The van der Waals surface area contributed by atoms with Gasteiger partial charge in [-0.1, -0.05) is 23.8 Å². The summed E-state index contributed by atoms with van der Waals surface area (Å²) in [6.07, 6.45) is 3.17. The molecule has 0 radical (unpaired) electrons. The third kappa shape index (κ3) is 3.59. The molecule has 0 aliphatic heterocycles. The van der Waals surface area contributed by atoms with Crippen LogP contribution < -0.4 is 10.5 Å². The Bertz CT molecular complexity index is 760. The van der Waals surface area contributed by atoms with Gasteiger partial charge in [0.05, 0.1) is 16.0 Å². The van der Waals surface area contributed by atoms with Gasteiger partial charge in [-0.25, -0.2) is 18.1 Å². The van der Waals surface area contributed by atoms with Gasteiger partial charge in [0.25, 0.3) is 0 Å². The van der Waals surface area contributed by atoms with Crippen LogP contribution in [0.25, 0.3) is 0 Å². The van der Waals surface area contributed by atoms with Gasteiger partial charge in [-0.3, -0.25) is 0 Å². The van der Waals surface area contributed by atoms with Crippen LogP contribution in [0.5, 0.6) is 0 Å². The highest BCUT2D eigenvalue weighted by Gasteiger charge is 2.20. The van der Waals surface area contributed by atoms with Crippen molar-refractivity contribution in [3.8, 4) is 0 Å². The summed E-state index contributed by atoms with van der Waals surface area (Å²) in [6, 6.07) is 3.70. The molecule has 4 N–H and O–H groups in total. The minimum Gasteiger partial charge on any atom is -0.389 e. The molecule has 0 aliphatic carbocycles. The minimum absolute atomic E-state index is 0.0332. The number of hydrogen-bond donors (Lipinski definition) is 3. The summed E-state index contributed by atoms with van der Waals surface area (Å²) >= 11 is 10.8. The second-order valence-corrected chi connectivity index (χ2v) is 6.88. The molecule has 2 rings (SSSR count). The molecule has 1 aromatic heterocycles. The van der Waals surface area contributed by atoms with Crippen LogP contribution in [0.3, 0.4) is 0 Å². The topological polar surface area (TPSA) is 101 Å². The Hall–Kier alpha value is -1.48. The lowest BCUT2D eigenvalue weighted by Gasteiger charge is -2.13. The van der Waals surface area contributed by atoms with Crippen molar-refractivity contribution in [1.82, 2.24) is 14.7 Å². The van der Waals surface area contributed by atoms with Crippen LogP contribution in [0.1, 0.15) is 24.4 Å². The average Bonchev–Trinajstić information content (AvgIpc) is 2.91. The summed E-state index contributed by atoms with van der Waals surface area (Å²) in [5.41, 5.74) is 5.92. The number of thiocarbonyl (C=S) groups is 1. The lowest BCUT2D eigenvalue weighted by atomic mass is 10.2. The van der Waals surface area contributed by atoms with E-state index < -0.39 is 16.1 Å².